The van der Waals surface area contributed by atoms with Gasteiger partial charge in [-0.25, -0.2) is 0 Å². The van der Waals surface area contributed by atoms with Crippen LogP contribution < -0.4 is 20.9 Å². The van der Waals surface area contributed by atoms with Crippen molar-refractivity contribution >= 4 is 11.6 Å². The number of anilines is 1. The van der Waals surface area contributed by atoms with Gasteiger partial charge in [-0.3, -0.25) is 4.79 Å². The van der Waals surface area contributed by atoms with Gasteiger partial charge < -0.3 is 20.9 Å². The maximum absolute atomic E-state index is 11.2. The molecule has 2 aromatic carbocycles. The highest BCUT2D eigenvalue weighted by Gasteiger charge is 2.07. The zero-order valence-electron chi connectivity index (χ0n) is 10.9. The molecule has 2 aromatic rings. The maximum Gasteiger partial charge on any atom is 0.252 e. The summed E-state index contributed by atoms with van der Waals surface area (Å²) in [6.07, 6.45) is 0. The number of amides is 1. The predicted molar refractivity (Wildman–Crippen MR) is 76.8 cm³/mol. The van der Waals surface area contributed by atoms with Crippen molar-refractivity contribution in [2.24, 2.45) is 5.73 Å². The Kier molecular flexibility index (Phi) is 4.44. The summed E-state index contributed by atoms with van der Waals surface area (Å²) < 4.78 is 11.0. The van der Waals surface area contributed by atoms with Crippen LogP contribution in [0.25, 0.3) is 0 Å². The second-order valence-corrected chi connectivity index (χ2v) is 4.13. The lowest BCUT2D eigenvalue weighted by atomic mass is 10.2. The zero-order valence-corrected chi connectivity index (χ0v) is 10.9. The molecule has 0 spiro atoms. The molecular formula is C15H16N2O3. The van der Waals surface area contributed by atoms with Crippen LogP contribution in [0.1, 0.15) is 10.4 Å². The second kappa shape index (κ2) is 6.47. The number of para-hydroxylation sites is 1. The van der Waals surface area contributed by atoms with Crippen molar-refractivity contribution in [2.45, 2.75) is 0 Å². The number of nitrogen functional groups attached to an aromatic ring is 1. The standard InChI is InChI=1S/C15H16N2O3/c16-11-5-7-12(8-6-11)19-9-10-20-14-4-2-1-3-13(14)15(17)18/h1-8H,9-10,16H2,(H2,17,18). The Hall–Kier alpha value is -2.69. The van der Waals surface area contributed by atoms with Crippen molar-refractivity contribution in [3.8, 4) is 11.5 Å². The van der Waals surface area contributed by atoms with E-state index in [2.05, 4.69) is 0 Å². The number of ether oxygens (including phenoxy) is 2. The van der Waals surface area contributed by atoms with Crippen LogP contribution in [0.4, 0.5) is 5.69 Å². The van der Waals surface area contributed by atoms with Crippen molar-refractivity contribution < 1.29 is 14.3 Å². The lowest BCUT2D eigenvalue weighted by Gasteiger charge is -2.10. The van der Waals surface area contributed by atoms with Crippen molar-refractivity contribution in [1.82, 2.24) is 0 Å². The van der Waals surface area contributed by atoms with E-state index in [1.807, 2.05) is 0 Å². The Morgan fingerprint density at radius 3 is 2.30 bits per heavy atom. The largest absolute Gasteiger partial charge is 0.490 e. The number of nitrogens with two attached hydrogens (primary N) is 2. The quantitative estimate of drug-likeness (QED) is 0.620. The molecule has 0 aliphatic carbocycles. The first-order chi connectivity index (χ1) is 9.66. The van der Waals surface area contributed by atoms with Crippen LogP contribution in [0.5, 0.6) is 11.5 Å². The van der Waals surface area contributed by atoms with Gasteiger partial charge in [-0.15, -0.1) is 0 Å². The monoisotopic (exact) mass is 272 g/mol. The summed E-state index contributed by atoms with van der Waals surface area (Å²) >= 11 is 0. The normalized spacial score (nSPS) is 10.0. The Morgan fingerprint density at radius 2 is 1.60 bits per heavy atom. The van der Waals surface area contributed by atoms with Crippen molar-refractivity contribution in [1.29, 1.82) is 0 Å². The smallest absolute Gasteiger partial charge is 0.252 e. The highest BCUT2D eigenvalue weighted by Crippen LogP contribution is 2.17. The van der Waals surface area contributed by atoms with Gasteiger partial charge in [0.25, 0.3) is 5.91 Å². The molecule has 0 heterocycles. The van der Waals surface area contributed by atoms with Gasteiger partial charge in [0.1, 0.15) is 24.7 Å². The zero-order chi connectivity index (χ0) is 14.4. The van der Waals surface area contributed by atoms with Gasteiger partial charge in [-0.1, -0.05) is 12.1 Å². The SMILES string of the molecule is NC(=O)c1ccccc1OCCOc1ccc(N)cc1. The van der Waals surface area contributed by atoms with Crippen LogP contribution in [-0.2, 0) is 0 Å². The Bertz CT molecular complexity index is 582. The van der Waals surface area contributed by atoms with E-state index in [1.54, 1.807) is 48.5 Å². The summed E-state index contributed by atoms with van der Waals surface area (Å²) in [7, 11) is 0. The van der Waals surface area contributed by atoms with E-state index in [-0.39, 0.29) is 0 Å². The number of hydrogen-bond donors (Lipinski definition) is 2. The van der Waals surface area contributed by atoms with Gasteiger partial charge in [-0.05, 0) is 36.4 Å². The molecule has 0 aliphatic rings. The molecule has 0 bridgehead atoms. The second-order valence-electron chi connectivity index (χ2n) is 4.13. The number of hydrogen-bond acceptors (Lipinski definition) is 4. The average Bonchev–Trinajstić information content (AvgIpc) is 2.46. The summed E-state index contributed by atoms with van der Waals surface area (Å²) in [5, 5.41) is 0. The molecule has 20 heavy (non-hydrogen) atoms. The minimum absolute atomic E-state index is 0.314. The van der Waals surface area contributed by atoms with Gasteiger partial charge in [0.2, 0.25) is 0 Å². The first-order valence-electron chi connectivity index (χ1n) is 6.17. The number of carbonyl (C=O) groups excluding carboxylic acids is 1. The summed E-state index contributed by atoms with van der Waals surface area (Å²) in [5.41, 5.74) is 11.9. The van der Waals surface area contributed by atoms with Gasteiger partial charge in [0.05, 0.1) is 5.56 Å². The first kappa shape index (κ1) is 13.7. The molecule has 0 fully saturated rings. The summed E-state index contributed by atoms with van der Waals surface area (Å²) in [6.45, 7) is 0.672. The number of primary amides is 1. The van der Waals surface area contributed by atoms with Crippen LogP contribution in [0.3, 0.4) is 0 Å². The topological polar surface area (TPSA) is 87.6 Å². The van der Waals surface area contributed by atoms with Gasteiger partial charge in [0, 0.05) is 5.69 Å². The molecule has 104 valence electrons. The van der Waals surface area contributed by atoms with E-state index >= 15 is 0 Å². The Balaban J connectivity index is 1.84. The number of benzene rings is 2. The Morgan fingerprint density at radius 1 is 0.950 bits per heavy atom. The van der Waals surface area contributed by atoms with E-state index < -0.39 is 5.91 Å². The minimum Gasteiger partial charge on any atom is -0.490 e. The van der Waals surface area contributed by atoms with Crippen LogP contribution >= 0.6 is 0 Å². The van der Waals surface area contributed by atoms with Crippen LogP contribution in [0.15, 0.2) is 48.5 Å². The van der Waals surface area contributed by atoms with Crippen molar-refractivity contribution in [3.63, 3.8) is 0 Å². The molecule has 2 rings (SSSR count). The molecule has 5 heteroatoms. The molecule has 0 radical (unpaired) electrons. The van der Waals surface area contributed by atoms with E-state index in [1.165, 1.54) is 0 Å². The maximum atomic E-state index is 11.2. The number of carbonyl (C=O) groups is 1. The van der Waals surface area contributed by atoms with Gasteiger partial charge in [-0.2, -0.15) is 0 Å². The Labute approximate surface area is 117 Å². The summed E-state index contributed by atoms with van der Waals surface area (Å²) in [5.74, 6) is 0.659. The fourth-order valence-electron chi connectivity index (χ4n) is 1.67. The minimum atomic E-state index is -0.514. The number of rotatable bonds is 6. The molecule has 4 N–H and O–H groups in total. The third-order valence-electron chi connectivity index (χ3n) is 2.64. The molecule has 0 saturated heterocycles. The van der Waals surface area contributed by atoms with Crippen LogP contribution in [-0.4, -0.2) is 19.1 Å². The molecule has 0 aromatic heterocycles. The van der Waals surface area contributed by atoms with E-state index in [0.29, 0.717) is 36.0 Å². The van der Waals surface area contributed by atoms with Crippen molar-refractivity contribution in [3.05, 3.63) is 54.1 Å². The van der Waals surface area contributed by atoms with Gasteiger partial charge in [0.15, 0.2) is 0 Å². The fraction of sp³-hybridized carbons (Fsp3) is 0.133. The van der Waals surface area contributed by atoms with E-state index in [9.17, 15) is 4.79 Å². The third-order valence-corrected chi connectivity index (χ3v) is 2.64. The highest BCUT2D eigenvalue weighted by molar-refractivity contribution is 5.95. The van der Waals surface area contributed by atoms with Crippen LogP contribution in [0.2, 0.25) is 0 Å². The predicted octanol–water partition coefficient (Wildman–Crippen LogP) is 1.83. The lowest BCUT2D eigenvalue weighted by molar-refractivity contribution is 0.0995. The molecule has 0 unspecified atom stereocenters. The fourth-order valence-corrected chi connectivity index (χ4v) is 1.67. The van der Waals surface area contributed by atoms with Crippen LogP contribution in [0, 0.1) is 0 Å². The average molecular weight is 272 g/mol. The highest BCUT2D eigenvalue weighted by atomic mass is 16.5. The van der Waals surface area contributed by atoms with Gasteiger partial charge >= 0.3 is 0 Å². The molecule has 1 amide bonds. The molecule has 5 nitrogen and oxygen atoms in total. The van der Waals surface area contributed by atoms with E-state index in [0.717, 1.165) is 0 Å². The first-order valence-corrected chi connectivity index (χ1v) is 6.17. The summed E-state index contributed by atoms with van der Waals surface area (Å²) in [6, 6.07) is 13.9. The van der Waals surface area contributed by atoms with E-state index in [4.69, 9.17) is 20.9 Å². The molecule has 0 saturated carbocycles. The summed E-state index contributed by atoms with van der Waals surface area (Å²) in [4.78, 5) is 11.2. The molecule has 0 atom stereocenters. The molecular weight excluding hydrogens is 256 g/mol. The lowest BCUT2D eigenvalue weighted by Crippen LogP contribution is -2.15. The molecule has 0 aliphatic heterocycles. The third kappa shape index (κ3) is 3.65. The van der Waals surface area contributed by atoms with Crippen molar-refractivity contribution in [2.75, 3.05) is 18.9 Å².